The van der Waals surface area contributed by atoms with E-state index in [4.69, 9.17) is 4.74 Å². The van der Waals surface area contributed by atoms with Crippen LogP contribution in [-0.4, -0.2) is 10.9 Å². The van der Waals surface area contributed by atoms with Gasteiger partial charge in [-0.15, -0.1) is 0 Å². The van der Waals surface area contributed by atoms with Crippen LogP contribution in [0.1, 0.15) is 23.2 Å². The molecule has 1 heterocycles. The van der Waals surface area contributed by atoms with Crippen molar-refractivity contribution in [3.05, 3.63) is 90.3 Å². The number of ether oxygens (including phenoxy) is 1. The van der Waals surface area contributed by atoms with E-state index in [-0.39, 0.29) is 5.91 Å². The maximum Gasteiger partial charge on any atom is 0.255 e. The first-order valence-corrected chi connectivity index (χ1v) is 8.59. The molecule has 0 bridgehead atoms. The predicted octanol–water partition coefficient (Wildman–Crippen LogP) is 5.10. The minimum Gasteiger partial charge on any atom is -0.458 e. The van der Waals surface area contributed by atoms with Gasteiger partial charge >= 0.3 is 0 Å². The van der Waals surface area contributed by atoms with Crippen LogP contribution in [-0.2, 0) is 0 Å². The number of aromatic nitrogens is 1. The Morgan fingerprint density at radius 2 is 2.00 bits per heavy atom. The number of nitrogens with one attached hydrogen (secondary N) is 1. The molecule has 1 N–H and O–H groups in total. The Labute approximate surface area is 151 Å². The zero-order chi connectivity index (χ0) is 17.8. The lowest BCUT2D eigenvalue weighted by Crippen LogP contribution is -2.12. The van der Waals surface area contributed by atoms with Crippen LogP contribution in [0.2, 0.25) is 0 Å². The largest absolute Gasteiger partial charge is 0.458 e. The number of carbonyl (C=O) groups excluding carboxylic acids is 1. The Balaban J connectivity index is 1.51. The number of benzene rings is 2. The molecule has 3 aromatic rings. The molecule has 0 saturated heterocycles. The topological polar surface area (TPSA) is 51.2 Å². The molecule has 0 unspecified atom stereocenters. The third kappa shape index (κ3) is 3.64. The van der Waals surface area contributed by atoms with Crippen molar-refractivity contribution in [1.82, 2.24) is 4.98 Å². The predicted molar refractivity (Wildman–Crippen MR) is 103 cm³/mol. The molecule has 0 radical (unpaired) electrons. The van der Waals surface area contributed by atoms with E-state index in [1.165, 1.54) is 0 Å². The van der Waals surface area contributed by atoms with Crippen molar-refractivity contribution >= 4 is 22.5 Å². The molecule has 4 heteroatoms. The van der Waals surface area contributed by atoms with E-state index in [2.05, 4.69) is 22.5 Å². The van der Waals surface area contributed by atoms with Crippen LogP contribution < -0.4 is 10.1 Å². The Kier molecular flexibility index (Phi) is 4.48. The van der Waals surface area contributed by atoms with E-state index < -0.39 is 0 Å². The summed E-state index contributed by atoms with van der Waals surface area (Å²) in [7, 11) is 0. The number of amides is 1. The van der Waals surface area contributed by atoms with E-state index in [0.717, 1.165) is 35.2 Å². The number of pyridine rings is 1. The van der Waals surface area contributed by atoms with Crippen LogP contribution in [0.4, 0.5) is 5.69 Å². The van der Waals surface area contributed by atoms with Crippen LogP contribution in [0.15, 0.2) is 84.8 Å². The maximum absolute atomic E-state index is 12.6. The summed E-state index contributed by atoms with van der Waals surface area (Å²) in [5, 5.41) is 3.91. The zero-order valence-electron chi connectivity index (χ0n) is 14.2. The van der Waals surface area contributed by atoms with Gasteiger partial charge in [0.2, 0.25) is 0 Å². The summed E-state index contributed by atoms with van der Waals surface area (Å²) in [6.45, 7) is 0. The molecular weight excluding hydrogens is 324 g/mol. The van der Waals surface area contributed by atoms with Crippen molar-refractivity contribution in [3.8, 4) is 5.75 Å². The maximum atomic E-state index is 12.6. The molecular formula is C22H18N2O2. The van der Waals surface area contributed by atoms with Gasteiger partial charge in [-0.3, -0.25) is 9.78 Å². The molecule has 4 nitrogen and oxygen atoms in total. The number of rotatable bonds is 4. The SMILES string of the molecule is O=C(Nc1ccc2ncccc2c1)c1cccc(OC2=CCCC=C2)c1. The third-order valence-corrected chi connectivity index (χ3v) is 4.15. The first kappa shape index (κ1) is 16.1. The molecule has 128 valence electrons. The average Bonchev–Trinajstić information content (AvgIpc) is 2.69. The van der Waals surface area contributed by atoms with Gasteiger partial charge in [-0.1, -0.05) is 18.2 Å². The molecule has 1 aliphatic carbocycles. The van der Waals surface area contributed by atoms with Crippen molar-refractivity contribution in [2.45, 2.75) is 12.8 Å². The van der Waals surface area contributed by atoms with E-state index >= 15 is 0 Å². The number of allylic oxidation sites excluding steroid dienone is 3. The molecule has 0 saturated carbocycles. The Morgan fingerprint density at radius 1 is 1.04 bits per heavy atom. The number of fused-ring (bicyclic) bond motifs is 1. The number of anilines is 1. The third-order valence-electron chi connectivity index (χ3n) is 4.15. The fraction of sp³-hybridized carbons (Fsp3) is 0.0909. The normalized spacial score (nSPS) is 13.3. The van der Waals surface area contributed by atoms with Gasteiger partial charge < -0.3 is 10.1 Å². The van der Waals surface area contributed by atoms with Crippen LogP contribution in [0.25, 0.3) is 10.9 Å². The van der Waals surface area contributed by atoms with Gasteiger partial charge in [0.1, 0.15) is 11.5 Å². The first-order chi connectivity index (χ1) is 12.8. The van der Waals surface area contributed by atoms with Crippen molar-refractivity contribution in [1.29, 1.82) is 0 Å². The van der Waals surface area contributed by atoms with Gasteiger partial charge in [-0.05, 0) is 67.5 Å². The van der Waals surface area contributed by atoms with Crippen LogP contribution >= 0.6 is 0 Å². The summed E-state index contributed by atoms with van der Waals surface area (Å²) in [5.41, 5.74) is 2.18. The fourth-order valence-electron chi connectivity index (χ4n) is 2.86. The highest BCUT2D eigenvalue weighted by Gasteiger charge is 2.09. The van der Waals surface area contributed by atoms with E-state index in [0.29, 0.717) is 11.3 Å². The second kappa shape index (κ2) is 7.23. The van der Waals surface area contributed by atoms with E-state index in [1.807, 2.05) is 48.5 Å². The highest BCUT2D eigenvalue weighted by atomic mass is 16.5. The number of hydrogen-bond donors (Lipinski definition) is 1. The quantitative estimate of drug-likeness (QED) is 0.717. The van der Waals surface area contributed by atoms with Crippen LogP contribution in [0, 0.1) is 0 Å². The van der Waals surface area contributed by atoms with Gasteiger partial charge in [-0.2, -0.15) is 0 Å². The smallest absolute Gasteiger partial charge is 0.255 e. The lowest BCUT2D eigenvalue weighted by Gasteiger charge is -2.11. The van der Waals surface area contributed by atoms with Gasteiger partial charge in [0, 0.05) is 22.8 Å². The number of hydrogen-bond acceptors (Lipinski definition) is 3. The Bertz CT molecular complexity index is 1020. The summed E-state index contributed by atoms with van der Waals surface area (Å²) in [4.78, 5) is 16.9. The second-order valence-corrected chi connectivity index (χ2v) is 6.08. The van der Waals surface area contributed by atoms with Gasteiger partial charge in [0.05, 0.1) is 5.52 Å². The van der Waals surface area contributed by atoms with Gasteiger partial charge in [0.25, 0.3) is 5.91 Å². The van der Waals surface area contributed by atoms with Crippen molar-refractivity contribution < 1.29 is 9.53 Å². The number of carbonyl (C=O) groups is 1. The first-order valence-electron chi connectivity index (χ1n) is 8.59. The highest BCUT2D eigenvalue weighted by molar-refractivity contribution is 6.05. The summed E-state index contributed by atoms with van der Waals surface area (Å²) < 4.78 is 5.84. The molecule has 4 rings (SSSR count). The molecule has 0 spiro atoms. The van der Waals surface area contributed by atoms with Crippen LogP contribution in [0.5, 0.6) is 5.75 Å². The van der Waals surface area contributed by atoms with E-state index in [9.17, 15) is 4.79 Å². The van der Waals surface area contributed by atoms with Crippen LogP contribution in [0.3, 0.4) is 0 Å². The minimum atomic E-state index is -0.174. The Hall–Kier alpha value is -3.40. The summed E-state index contributed by atoms with van der Waals surface area (Å²) in [5.74, 6) is 1.29. The van der Waals surface area contributed by atoms with Gasteiger partial charge in [-0.25, -0.2) is 0 Å². The van der Waals surface area contributed by atoms with Crippen molar-refractivity contribution in [2.24, 2.45) is 0 Å². The van der Waals surface area contributed by atoms with Crippen molar-refractivity contribution in [2.75, 3.05) is 5.32 Å². The monoisotopic (exact) mass is 342 g/mol. The minimum absolute atomic E-state index is 0.174. The highest BCUT2D eigenvalue weighted by Crippen LogP contribution is 2.21. The van der Waals surface area contributed by atoms with Gasteiger partial charge in [0.15, 0.2) is 0 Å². The second-order valence-electron chi connectivity index (χ2n) is 6.08. The lowest BCUT2D eigenvalue weighted by atomic mass is 10.1. The molecule has 1 aliphatic rings. The van der Waals surface area contributed by atoms with E-state index in [1.54, 1.807) is 18.3 Å². The average molecular weight is 342 g/mol. The molecule has 1 amide bonds. The summed E-state index contributed by atoms with van der Waals surface area (Å²) in [6, 6.07) is 16.7. The molecule has 0 atom stereocenters. The molecule has 0 fully saturated rings. The summed E-state index contributed by atoms with van der Waals surface area (Å²) >= 11 is 0. The molecule has 1 aromatic heterocycles. The lowest BCUT2D eigenvalue weighted by molar-refractivity contribution is 0.102. The fourth-order valence-corrected chi connectivity index (χ4v) is 2.86. The number of nitrogens with zero attached hydrogens (tertiary/aromatic N) is 1. The standard InChI is InChI=1S/C22H18N2O2/c25-22(24-18-11-12-21-16(14-18)7-5-13-23-21)17-6-4-10-20(15-17)26-19-8-2-1-3-9-19/h2,4-15H,1,3H2,(H,24,25). The molecule has 26 heavy (non-hydrogen) atoms. The van der Waals surface area contributed by atoms with Crippen molar-refractivity contribution in [3.63, 3.8) is 0 Å². The Morgan fingerprint density at radius 3 is 2.88 bits per heavy atom. The molecule has 2 aromatic carbocycles. The molecule has 0 aliphatic heterocycles. The zero-order valence-corrected chi connectivity index (χ0v) is 14.2. The summed E-state index contributed by atoms with van der Waals surface area (Å²) in [6.07, 6.45) is 9.86.